The zero-order valence-electron chi connectivity index (χ0n) is 10.5. The number of nitrogens with zero attached hydrogens (tertiary/aromatic N) is 2. The molecule has 0 aliphatic carbocycles. The highest BCUT2D eigenvalue weighted by molar-refractivity contribution is 7.91. The van der Waals surface area contributed by atoms with Gasteiger partial charge in [0.25, 0.3) is 0 Å². The molecule has 0 atom stereocenters. The largest absolute Gasteiger partial charge is 0.465 e. The zero-order chi connectivity index (χ0) is 14.0. The van der Waals surface area contributed by atoms with Gasteiger partial charge in [-0.15, -0.1) is 0 Å². The Morgan fingerprint density at radius 3 is 2.63 bits per heavy atom. The number of aromatic nitrogens is 1. The topological polar surface area (TPSA) is 103 Å². The van der Waals surface area contributed by atoms with Gasteiger partial charge in [-0.2, -0.15) is 0 Å². The summed E-state index contributed by atoms with van der Waals surface area (Å²) in [5, 5.41) is 0. The van der Waals surface area contributed by atoms with Gasteiger partial charge >= 0.3 is 5.97 Å². The first-order valence-corrected chi connectivity index (χ1v) is 7.55. The smallest absolute Gasteiger partial charge is 0.340 e. The molecule has 19 heavy (non-hydrogen) atoms. The number of pyridine rings is 1. The number of hydrogen-bond donors (Lipinski definition) is 1. The van der Waals surface area contributed by atoms with Crippen molar-refractivity contribution in [2.24, 2.45) is 0 Å². The molecule has 8 heteroatoms. The summed E-state index contributed by atoms with van der Waals surface area (Å²) in [6, 6.07) is 1.48. The van der Waals surface area contributed by atoms with Gasteiger partial charge in [0.1, 0.15) is 0 Å². The van der Waals surface area contributed by atoms with Crippen LogP contribution in [0.5, 0.6) is 0 Å². The van der Waals surface area contributed by atoms with Crippen LogP contribution in [0, 0.1) is 0 Å². The van der Waals surface area contributed by atoms with Crippen LogP contribution in [0.2, 0.25) is 0 Å². The predicted octanol–water partition coefficient (Wildman–Crippen LogP) is -0.315. The Morgan fingerprint density at radius 1 is 1.42 bits per heavy atom. The van der Waals surface area contributed by atoms with E-state index in [0.717, 1.165) is 0 Å². The maximum Gasteiger partial charge on any atom is 0.340 e. The van der Waals surface area contributed by atoms with Crippen molar-refractivity contribution in [3.8, 4) is 0 Å². The fraction of sp³-hybridized carbons (Fsp3) is 0.455. The van der Waals surface area contributed by atoms with Gasteiger partial charge in [-0.25, -0.2) is 18.2 Å². The minimum absolute atomic E-state index is 0.0660. The molecule has 1 aromatic heterocycles. The third kappa shape index (κ3) is 2.78. The number of sulfone groups is 1. The van der Waals surface area contributed by atoms with Crippen molar-refractivity contribution >= 4 is 27.3 Å². The van der Waals surface area contributed by atoms with Gasteiger partial charge in [-0.05, 0) is 6.07 Å². The molecule has 1 fully saturated rings. The summed E-state index contributed by atoms with van der Waals surface area (Å²) in [4.78, 5) is 17.4. The second kappa shape index (κ2) is 5.04. The zero-order valence-corrected chi connectivity index (χ0v) is 11.3. The number of nitrogens with two attached hydrogens (primary N) is 1. The number of anilines is 2. The molecular weight excluding hydrogens is 270 g/mol. The first kappa shape index (κ1) is 13.6. The Hall–Kier alpha value is -1.83. The number of ether oxygens (including phenoxy) is 1. The molecule has 0 saturated carbocycles. The highest BCUT2D eigenvalue weighted by Crippen LogP contribution is 2.25. The van der Waals surface area contributed by atoms with Gasteiger partial charge in [0.05, 0.1) is 29.9 Å². The summed E-state index contributed by atoms with van der Waals surface area (Å²) in [5.74, 6) is 0.0243. The number of methoxy groups -OCH3 is 1. The van der Waals surface area contributed by atoms with E-state index in [0.29, 0.717) is 18.9 Å². The minimum atomic E-state index is -2.97. The van der Waals surface area contributed by atoms with E-state index in [4.69, 9.17) is 5.73 Å². The van der Waals surface area contributed by atoms with Crippen LogP contribution in [0.3, 0.4) is 0 Å². The van der Waals surface area contributed by atoms with E-state index in [9.17, 15) is 13.2 Å². The number of esters is 1. The molecular formula is C11H15N3O4S. The first-order chi connectivity index (χ1) is 8.94. The third-order valence-corrected chi connectivity index (χ3v) is 4.63. The number of rotatable bonds is 2. The lowest BCUT2D eigenvalue weighted by Crippen LogP contribution is -2.41. The number of nitrogen functional groups attached to an aromatic ring is 1. The molecule has 1 aromatic rings. The second-order valence-corrected chi connectivity index (χ2v) is 6.53. The summed E-state index contributed by atoms with van der Waals surface area (Å²) in [6.07, 6.45) is 1.46. The van der Waals surface area contributed by atoms with Crippen LogP contribution < -0.4 is 10.6 Å². The average molecular weight is 285 g/mol. The first-order valence-electron chi connectivity index (χ1n) is 5.73. The lowest BCUT2D eigenvalue weighted by molar-refractivity contribution is 0.0602. The summed E-state index contributed by atoms with van der Waals surface area (Å²) < 4.78 is 27.4. The summed E-state index contributed by atoms with van der Waals surface area (Å²) in [5.41, 5.74) is 6.36. The molecule has 0 amide bonds. The fourth-order valence-electron chi connectivity index (χ4n) is 1.93. The fourth-order valence-corrected chi connectivity index (χ4v) is 3.13. The minimum Gasteiger partial charge on any atom is -0.465 e. The van der Waals surface area contributed by atoms with Gasteiger partial charge in [0, 0.05) is 19.3 Å². The molecule has 2 rings (SSSR count). The van der Waals surface area contributed by atoms with E-state index in [1.165, 1.54) is 19.4 Å². The van der Waals surface area contributed by atoms with Crippen LogP contribution in [-0.4, -0.2) is 51.1 Å². The monoisotopic (exact) mass is 285 g/mol. The molecule has 1 aliphatic heterocycles. The van der Waals surface area contributed by atoms with E-state index in [-0.39, 0.29) is 22.8 Å². The quantitative estimate of drug-likeness (QED) is 0.743. The van der Waals surface area contributed by atoms with Crippen LogP contribution in [0.15, 0.2) is 12.3 Å². The third-order valence-electron chi connectivity index (χ3n) is 3.02. The molecule has 0 bridgehead atoms. The van der Waals surface area contributed by atoms with Crippen LogP contribution in [0.25, 0.3) is 0 Å². The molecule has 0 unspecified atom stereocenters. The number of carbonyl (C=O) groups excluding carboxylic acids is 1. The highest BCUT2D eigenvalue weighted by Gasteiger charge is 2.25. The van der Waals surface area contributed by atoms with Gasteiger partial charge in [-0.1, -0.05) is 0 Å². The van der Waals surface area contributed by atoms with Crippen molar-refractivity contribution in [3.63, 3.8) is 0 Å². The molecule has 104 valence electrons. The Balaban J connectivity index is 2.29. The van der Waals surface area contributed by atoms with Crippen LogP contribution in [0.1, 0.15) is 10.4 Å². The molecule has 0 aromatic carbocycles. The molecule has 2 N–H and O–H groups in total. The van der Waals surface area contributed by atoms with E-state index < -0.39 is 15.8 Å². The Bertz CT molecular complexity index is 586. The van der Waals surface area contributed by atoms with Crippen molar-refractivity contribution in [2.45, 2.75) is 0 Å². The van der Waals surface area contributed by atoms with E-state index in [1.807, 2.05) is 0 Å². The average Bonchev–Trinajstić information content (AvgIpc) is 2.39. The normalized spacial score (nSPS) is 18.1. The van der Waals surface area contributed by atoms with Gasteiger partial charge < -0.3 is 15.4 Å². The van der Waals surface area contributed by atoms with Gasteiger partial charge in [0.2, 0.25) is 0 Å². The van der Waals surface area contributed by atoms with Crippen LogP contribution >= 0.6 is 0 Å². The van der Waals surface area contributed by atoms with Crippen molar-refractivity contribution in [1.29, 1.82) is 0 Å². The predicted molar refractivity (Wildman–Crippen MR) is 70.9 cm³/mol. The van der Waals surface area contributed by atoms with Crippen LogP contribution in [0.4, 0.5) is 11.5 Å². The van der Waals surface area contributed by atoms with Crippen molar-refractivity contribution < 1.29 is 17.9 Å². The molecule has 7 nitrogen and oxygen atoms in total. The lowest BCUT2D eigenvalue weighted by atomic mass is 10.2. The number of hydrogen-bond acceptors (Lipinski definition) is 7. The second-order valence-electron chi connectivity index (χ2n) is 4.23. The maximum atomic E-state index is 11.5. The summed E-state index contributed by atoms with van der Waals surface area (Å²) in [6.45, 7) is 0.647. The Labute approximate surface area is 111 Å². The number of carbonyl (C=O) groups is 1. The lowest BCUT2D eigenvalue weighted by Gasteiger charge is -2.28. The van der Waals surface area contributed by atoms with E-state index in [2.05, 4.69) is 9.72 Å². The summed E-state index contributed by atoms with van der Waals surface area (Å²) in [7, 11) is -1.70. The molecule has 0 spiro atoms. The van der Waals surface area contributed by atoms with Gasteiger partial charge in [0.15, 0.2) is 15.7 Å². The molecule has 1 aliphatic rings. The van der Waals surface area contributed by atoms with E-state index >= 15 is 0 Å². The maximum absolute atomic E-state index is 11.5. The Kier molecular flexibility index (Phi) is 3.61. The van der Waals surface area contributed by atoms with Crippen molar-refractivity contribution in [1.82, 2.24) is 4.98 Å². The highest BCUT2D eigenvalue weighted by atomic mass is 32.2. The molecule has 1 saturated heterocycles. The SMILES string of the molecule is COC(=O)c1ccnc(N2CCS(=O)(=O)CC2)c1N. The summed E-state index contributed by atoms with van der Waals surface area (Å²) >= 11 is 0. The van der Waals surface area contributed by atoms with Crippen LogP contribution in [-0.2, 0) is 14.6 Å². The van der Waals surface area contributed by atoms with E-state index in [1.54, 1.807) is 4.90 Å². The van der Waals surface area contributed by atoms with Crippen molar-refractivity contribution in [3.05, 3.63) is 17.8 Å². The van der Waals surface area contributed by atoms with Gasteiger partial charge in [-0.3, -0.25) is 0 Å². The van der Waals surface area contributed by atoms with Crippen molar-refractivity contribution in [2.75, 3.05) is 42.3 Å². The molecule has 2 heterocycles. The Morgan fingerprint density at radius 2 is 2.05 bits per heavy atom. The molecule has 0 radical (unpaired) electrons. The standard InChI is InChI=1S/C11H15N3O4S/c1-18-11(15)8-2-3-13-10(9(8)12)14-4-6-19(16,17)7-5-14/h2-3H,4-7,12H2,1H3.